The number of imide groups is 1. The standard InChI is InChI=1S/C13H21N3O3/c1-2-3-7-10(17)15-16-11(18)13(14-12(16)19)8-5-4-6-9-13/h2-9H2,1H3,(H,14,19)(H,15,17). The Morgan fingerprint density at radius 1 is 1.32 bits per heavy atom. The minimum Gasteiger partial charge on any atom is -0.322 e. The van der Waals surface area contributed by atoms with Crippen molar-refractivity contribution in [1.82, 2.24) is 15.8 Å². The zero-order valence-corrected chi connectivity index (χ0v) is 11.3. The van der Waals surface area contributed by atoms with Crippen molar-refractivity contribution < 1.29 is 14.4 Å². The summed E-state index contributed by atoms with van der Waals surface area (Å²) >= 11 is 0. The molecule has 2 aliphatic rings. The van der Waals surface area contributed by atoms with Crippen LogP contribution in [0.2, 0.25) is 0 Å². The van der Waals surface area contributed by atoms with E-state index in [4.69, 9.17) is 0 Å². The fourth-order valence-electron chi connectivity index (χ4n) is 2.73. The van der Waals surface area contributed by atoms with Crippen LogP contribution in [0.15, 0.2) is 0 Å². The second kappa shape index (κ2) is 5.59. The quantitative estimate of drug-likeness (QED) is 0.757. The van der Waals surface area contributed by atoms with E-state index in [9.17, 15) is 14.4 Å². The van der Waals surface area contributed by atoms with Gasteiger partial charge in [0.2, 0.25) is 5.91 Å². The number of nitrogens with one attached hydrogen (secondary N) is 2. The second-order valence-electron chi connectivity index (χ2n) is 5.35. The van der Waals surface area contributed by atoms with Gasteiger partial charge in [0.25, 0.3) is 5.91 Å². The fourth-order valence-corrected chi connectivity index (χ4v) is 2.73. The molecule has 106 valence electrons. The molecule has 1 aliphatic heterocycles. The first-order valence-corrected chi connectivity index (χ1v) is 7.05. The molecule has 6 heteroatoms. The number of carbonyl (C=O) groups is 3. The lowest BCUT2D eigenvalue weighted by molar-refractivity contribution is -0.139. The maximum absolute atomic E-state index is 12.3. The molecule has 2 fully saturated rings. The Morgan fingerprint density at radius 2 is 2.00 bits per heavy atom. The lowest BCUT2D eigenvalue weighted by Crippen LogP contribution is -2.50. The smallest absolute Gasteiger partial charge is 0.322 e. The van der Waals surface area contributed by atoms with Crippen LogP contribution in [0.4, 0.5) is 4.79 Å². The predicted molar refractivity (Wildman–Crippen MR) is 68.9 cm³/mol. The summed E-state index contributed by atoms with van der Waals surface area (Å²) in [5.41, 5.74) is 1.65. The highest BCUT2D eigenvalue weighted by molar-refractivity contribution is 6.07. The summed E-state index contributed by atoms with van der Waals surface area (Å²) in [6.45, 7) is 1.98. The van der Waals surface area contributed by atoms with Crippen molar-refractivity contribution >= 4 is 17.8 Å². The molecule has 0 unspecified atom stereocenters. The summed E-state index contributed by atoms with van der Waals surface area (Å²) in [6.07, 6.45) is 6.28. The van der Waals surface area contributed by atoms with Crippen LogP contribution in [-0.2, 0) is 9.59 Å². The molecule has 19 heavy (non-hydrogen) atoms. The average molecular weight is 267 g/mol. The summed E-state index contributed by atoms with van der Waals surface area (Å²) in [5, 5.41) is 3.62. The van der Waals surface area contributed by atoms with E-state index in [2.05, 4.69) is 10.7 Å². The summed E-state index contributed by atoms with van der Waals surface area (Å²) < 4.78 is 0. The Labute approximate surface area is 112 Å². The Kier molecular flexibility index (Phi) is 4.07. The van der Waals surface area contributed by atoms with E-state index in [0.29, 0.717) is 19.3 Å². The molecule has 4 amide bonds. The third-order valence-corrected chi connectivity index (χ3v) is 3.86. The van der Waals surface area contributed by atoms with E-state index in [1.165, 1.54) is 0 Å². The van der Waals surface area contributed by atoms with Crippen LogP contribution in [-0.4, -0.2) is 28.4 Å². The van der Waals surface area contributed by atoms with Gasteiger partial charge in [-0.05, 0) is 19.3 Å². The molecule has 2 rings (SSSR count). The van der Waals surface area contributed by atoms with Crippen molar-refractivity contribution in [3.05, 3.63) is 0 Å². The van der Waals surface area contributed by atoms with E-state index >= 15 is 0 Å². The number of hydrogen-bond donors (Lipinski definition) is 2. The molecule has 1 aliphatic carbocycles. The molecule has 1 heterocycles. The number of urea groups is 1. The van der Waals surface area contributed by atoms with Gasteiger partial charge >= 0.3 is 6.03 Å². The minimum atomic E-state index is -0.770. The third-order valence-electron chi connectivity index (χ3n) is 3.86. The van der Waals surface area contributed by atoms with Crippen LogP contribution in [0, 0.1) is 0 Å². The number of hydrogen-bond acceptors (Lipinski definition) is 3. The van der Waals surface area contributed by atoms with E-state index in [1.807, 2.05) is 6.92 Å². The topological polar surface area (TPSA) is 78.5 Å². The van der Waals surface area contributed by atoms with Gasteiger partial charge in [0.1, 0.15) is 5.54 Å². The van der Waals surface area contributed by atoms with Crippen LogP contribution < -0.4 is 10.7 Å². The van der Waals surface area contributed by atoms with Crippen molar-refractivity contribution in [2.75, 3.05) is 0 Å². The van der Waals surface area contributed by atoms with Gasteiger partial charge < -0.3 is 5.32 Å². The van der Waals surface area contributed by atoms with Crippen LogP contribution in [0.5, 0.6) is 0 Å². The van der Waals surface area contributed by atoms with Crippen LogP contribution in [0.25, 0.3) is 0 Å². The first-order valence-electron chi connectivity index (χ1n) is 7.05. The first kappa shape index (κ1) is 13.8. The molecule has 1 saturated heterocycles. The average Bonchev–Trinajstić information content (AvgIpc) is 2.62. The Hall–Kier alpha value is -1.59. The highest BCUT2D eigenvalue weighted by Crippen LogP contribution is 2.32. The molecule has 0 aromatic carbocycles. The van der Waals surface area contributed by atoms with E-state index < -0.39 is 11.6 Å². The highest BCUT2D eigenvalue weighted by atomic mass is 16.2. The first-order chi connectivity index (χ1) is 9.09. The third kappa shape index (κ3) is 2.72. The van der Waals surface area contributed by atoms with Crippen molar-refractivity contribution in [2.45, 2.75) is 63.8 Å². The summed E-state index contributed by atoms with van der Waals surface area (Å²) in [4.78, 5) is 35.8. The van der Waals surface area contributed by atoms with Crippen molar-refractivity contribution in [3.8, 4) is 0 Å². The Balaban J connectivity index is 2.00. The van der Waals surface area contributed by atoms with Gasteiger partial charge in [-0.1, -0.05) is 32.6 Å². The van der Waals surface area contributed by atoms with Crippen LogP contribution in [0.3, 0.4) is 0 Å². The van der Waals surface area contributed by atoms with Gasteiger partial charge in [-0.2, -0.15) is 5.01 Å². The molecule has 0 radical (unpaired) electrons. The van der Waals surface area contributed by atoms with Crippen molar-refractivity contribution in [3.63, 3.8) is 0 Å². The largest absolute Gasteiger partial charge is 0.344 e. The predicted octanol–water partition coefficient (Wildman–Crippen LogP) is 1.46. The normalized spacial score (nSPS) is 21.6. The molecule has 0 bridgehead atoms. The number of nitrogens with zero attached hydrogens (tertiary/aromatic N) is 1. The number of unbranched alkanes of at least 4 members (excludes halogenated alkanes) is 1. The van der Waals surface area contributed by atoms with Gasteiger partial charge in [0, 0.05) is 6.42 Å². The van der Waals surface area contributed by atoms with Crippen LogP contribution >= 0.6 is 0 Å². The Morgan fingerprint density at radius 3 is 2.63 bits per heavy atom. The van der Waals surface area contributed by atoms with E-state index in [0.717, 1.165) is 37.1 Å². The van der Waals surface area contributed by atoms with Gasteiger partial charge in [0.05, 0.1) is 0 Å². The molecular formula is C13H21N3O3. The molecule has 0 aromatic rings. The van der Waals surface area contributed by atoms with Gasteiger partial charge in [-0.3, -0.25) is 15.0 Å². The summed E-state index contributed by atoms with van der Waals surface area (Å²) in [6, 6.07) is -0.503. The second-order valence-corrected chi connectivity index (χ2v) is 5.35. The molecule has 6 nitrogen and oxygen atoms in total. The molecule has 2 N–H and O–H groups in total. The zero-order chi connectivity index (χ0) is 13.9. The zero-order valence-electron chi connectivity index (χ0n) is 11.3. The molecule has 1 saturated carbocycles. The lowest BCUT2D eigenvalue weighted by Gasteiger charge is -2.30. The molecule has 0 atom stereocenters. The summed E-state index contributed by atoms with van der Waals surface area (Å²) in [7, 11) is 0. The monoisotopic (exact) mass is 267 g/mol. The maximum Gasteiger partial charge on any atom is 0.344 e. The van der Waals surface area contributed by atoms with E-state index in [1.54, 1.807) is 0 Å². The lowest BCUT2D eigenvalue weighted by atomic mass is 9.82. The highest BCUT2D eigenvalue weighted by Gasteiger charge is 2.52. The fraction of sp³-hybridized carbons (Fsp3) is 0.769. The van der Waals surface area contributed by atoms with Crippen molar-refractivity contribution in [1.29, 1.82) is 0 Å². The SMILES string of the molecule is CCCCC(=O)NN1C(=O)NC2(CCCCC2)C1=O. The van der Waals surface area contributed by atoms with Gasteiger partial charge in [0.15, 0.2) is 0 Å². The molecule has 1 spiro atoms. The minimum absolute atomic E-state index is 0.279. The van der Waals surface area contributed by atoms with Crippen LogP contribution in [0.1, 0.15) is 58.3 Å². The maximum atomic E-state index is 12.3. The number of carbonyl (C=O) groups excluding carboxylic acids is 3. The number of amides is 4. The molecule has 0 aromatic heterocycles. The number of rotatable bonds is 4. The number of hydrazine groups is 1. The molecular weight excluding hydrogens is 246 g/mol. The summed E-state index contributed by atoms with van der Waals surface area (Å²) in [5.74, 6) is -0.583. The van der Waals surface area contributed by atoms with E-state index in [-0.39, 0.29) is 11.8 Å². The Bertz CT molecular complexity index is 389. The van der Waals surface area contributed by atoms with Gasteiger partial charge in [-0.25, -0.2) is 4.79 Å². The van der Waals surface area contributed by atoms with Crippen molar-refractivity contribution in [2.24, 2.45) is 0 Å². The van der Waals surface area contributed by atoms with Gasteiger partial charge in [-0.15, -0.1) is 0 Å².